The van der Waals surface area contributed by atoms with E-state index in [9.17, 15) is 4.79 Å². The Hall–Kier alpha value is -3.32. The van der Waals surface area contributed by atoms with Gasteiger partial charge < -0.3 is 20.1 Å². The summed E-state index contributed by atoms with van der Waals surface area (Å²) in [5.41, 5.74) is 1.56. The van der Waals surface area contributed by atoms with Crippen LogP contribution in [-0.4, -0.2) is 30.1 Å². The Kier molecular flexibility index (Phi) is 5.73. The van der Waals surface area contributed by atoms with Gasteiger partial charge in [0.2, 0.25) is 5.95 Å². The molecule has 1 aromatic heterocycles. The van der Waals surface area contributed by atoms with Gasteiger partial charge in [0.25, 0.3) is 5.91 Å². The highest BCUT2D eigenvalue weighted by Gasteiger charge is 2.11. The molecule has 0 bridgehead atoms. The monoisotopic (exact) mass is 384 g/mol. The molecule has 1 amide bonds. The van der Waals surface area contributed by atoms with E-state index in [1.807, 2.05) is 18.2 Å². The lowest BCUT2D eigenvalue weighted by atomic mass is 10.2. The molecule has 0 unspecified atom stereocenters. The van der Waals surface area contributed by atoms with Gasteiger partial charge in [0.05, 0.1) is 30.5 Å². The second-order valence-electron chi connectivity index (χ2n) is 5.42. The van der Waals surface area contributed by atoms with E-state index in [2.05, 4.69) is 20.6 Å². The number of hydrogen-bond acceptors (Lipinski definition) is 6. The molecular formula is C19H17ClN4O3. The highest BCUT2D eigenvalue weighted by molar-refractivity contribution is 6.33. The van der Waals surface area contributed by atoms with Gasteiger partial charge in [-0.2, -0.15) is 0 Å². The van der Waals surface area contributed by atoms with Crippen LogP contribution < -0.4 is 20.1 Å². The summed E-state index contributed by atoms with van der Waals surface area (Å²) in [6.45, 7) is 0. The average Bonchev–Trinajstić information content (AvgIpc) is 2.70. The summed E-state index contributed by atoms with van der Waals surface area (Å²) in [5.74, 6) is 1.09. The minimum Gasteiger partial charge on any atom is -0.493 e. The Labute approximate surface area is 161 Å². The second kappa shape index (κ2) is 8.37. The Balaban J connectivity index is 1.70. The van der Waals surface area contributed by atoms with Crippen LogP contribution in [0.3, 0.4) is 0 Å². The number of carbonyl (C=O) groups is 1. The van der Waals surface area contributed by atoms with Crippen molar-refractivity contribution in [2.24, 2.45) is 0 Å². The largest absolute Gasteiger partial charge is 0.493 e. The number of rotatable bonds is 6. The van der Waals surface area contributed by atoms with Gasteiger partial charge in [0, 0.05) is 24.1 Å². The third kappa shape index (κ3) is 4.45. The van der Waals surface area contributed by atoms with E-state index in [1.54, 1.807) is 31.4 Å². The van der Waals surface area contributed by atoms with Crippen molar-refractivity contribution < 1.29 is 14.3 Å². The van der Waals surface area contributed by atoms with E-state index in [1.165, 1.54) is 19.5 Å². The maximum Gasteiger partial charge on any atom is 0.258 e. The SMILES string of the molecule is COc1ccc(NC(=O)c2cnc(Nc3ccccc3Cl)nc2)cc1OC. The summed E-state index contributed by atoms with van der Waals surface area (Å²) in [4.78, 5) is 20.7. The lowest BCUT2D eigenvalue weighted by Crippen LogP contribution is -2.13. The first-order chi connectivity index (χ1) is 13.1. The van der Waals surface area contributed by atoms with Gasteiger partial charge in [0.15, 0.2) is 11.5 Å². The lowest BCUT2D eigenvalue weighted by molar-refractivity contribution is 0.102. The van der Waals surface area contributed by atoms with Gasteiger partial charge in [-0.15, -0.1) is 0 Å². The van der Waals surface area contributed by atoms with Gasteiger partial charge in [-0.3, -0.25) is 4.79 Å². The van der Waals surface area contributed by atoms with Crippen LogP contribution in [0, 0.1) is 0 Å². The molecule has 0 spiro atoms. The molecule has 0 saturated heterocycles. The van der Waals surface area contributed by atoms with Gasteiger partial charge in [-0.05, 0) is 24.3 Å². The van der Waals surface area contributed by atoms with Gasteiger partial charge in [-0.25, -0.2) is 9.97 Å². The third-order valence-corrected chi connectivity index (χ3v) is 4.01. The Bertz CT molecular complexity index is 948. The summed E-state index contributed by atoms with van der Waals surface area (Å²) in [5, 5.41) is 6.32. The second-order valence-corrected chi connectivity index (χ2v) is 5.83. The number of para-hydroxylation sites is 1. The maximum atomic E-state index is 12.4. The molecule has 0 atom stereocenters. The molecule has 0 saturated carbocycles. The Morgan fingerprint density at radius 2 is 1.70 bits per heavy atom. The minimum absolute atomic E-state index is 0.314. The van der Waals surface area contributed by atoms with E-state index >= 15 is 0 Å². The van der Waals surface area contributed by atoms with Crippen LogP contribution in [0.25, 0.3) is 0 Å². The van der Waals surface area contributed by atoms with E-state index < -0.39 is 0 Å². The number of aromatic nitrogens is 2. The van der Waals surface area contributed by atoms with E-state index in [-0.39, 0.29) is 5.91 Å². The topological polar surface area (TPSA) is 85.4 Å². The molecule has 3 aromatic rings. The van der Waals surface area contributed by atoms with E-state index in [4.69, 9.17) is 21.1 Å². The fourth-order valence-corrected chi connectivity index (χ4v) is 2.49. The molecule has 7 nitrogen and oxygen atoms in total. The summed E-state index contributed by atoms with van der Waals surface area (Å²) in [6, 6.07) is 12.3. The van der Waals surface area contributed by atoms with Crippen LogP contribution in [0.1, 0.15) is 10.4 Å². The number of nitrogens with one attached hydrogen (secondary N) is 2. The van der Waals surface area contributed by atoms with Crippen molar-refractivity contribution in [3.05, 3.63) is 65.4 Å². The first-order valence-corrected chi connectivity index (χ1v) is 8.35. The van der Waals surface area contributed by atoms with Crippen LogP contribution in [0.2, 0.25) is 5.02 Å². The van der Waals surface area contributed by atoms with Gasteiger partial charge in [-0.1, -0.05) is 23.7 Å². The number of carbonyl (C=O) groups excluding carboxylic acids is 1. The zero-order valence-electron chi connectivity index (χ0n) is 14.7. The number of anilines is 3. The highest BCUT2D eigenvalue weighted by Crippen LogP contribution is 2.30. The lowest BCUT2D eigenvalue weighted by Gasteiger charge is -2.11. The number of ether oxygens (including phenoxy) is 2. The van der Waals surface area contributed by atoms with Crippen LogP contribution in [0.5, 0.6) is 11.5 Å². The molecule has 0 aliphatic rings. The normalized spacial score (nSPS) is 10.2. The van der Waals surface area contributed by atoms with Crippen molar-refractivity contribution in [2.75, 3.05) is 24.9 Å². The summed E-state index contributed by atoms with van der Waals surface area (Å²) in [6.07, 6.45) is 2.87. The van der Waals surface area contributed by atoms with Crippen molar-refractivity contribution in [3.8, 4) is 11.5 Å². The Morgan fingerprint density at radius 3 is 2.37 bits per heavy atom. The van der Waals surface area contributed by atoms with Crippen LogP contribution >= 0.6 is 11.6 Å². The molecular weight excluding hydrogens is 368 g/mol. The fraction of sp³-hybridized carbons (Fsp3) is 0.105. The quantitative estimate of drug-likeness (QED) is 0.664. The Morgan fingerprint density at radius 1 is 1.00 bits per heavy atom. The standard InChI is InChI=1S/C19H17ClN4O3/c1-26-16-8-7-13(9-17(16)27-2)23-18(25)12-10-21-19(22-11-12)24-15-6-4-3-5-14(15)20/h3-11H,1-2H3,(H,23,25)(H,21,22,24). The van der Waals surface area contributed by atoms with Crippen molar-refractivity contribution >= 4 is 34.8 Å². The molecule has 1 heterocycles. The maximum absolute atomic E-state index is 12.4. The van der Waals surface area contributed by atoms with Crippen molar-refractivity contribution in [2.45, 2.75) is 0 Å². The van der Waals surface area contributed by atoms with E-state index in [0.29, 0.717) is 39.4 Å². The predicted molar refractivity (Wildman–Crippen MR) is 104 cm³/mol. The van der Waals surface area contributed by atoms with Crippen LogP contribution in [0.15, 0.2) is 54.9 Å². The molecule has 3 rings (SSSR count). The molecule has 0 radical (unpaired) electrons. The van der Waals surface area contributed by atoms with Crippen molar-refractivity contribution in [1.82, 2.24) is 9.97 Å². The van der Waals surface area contributed by atoms with Crippen molar-refractivity contribution in [3.63, 3.8) is 0 Å². The number of benzene rings is 2. The van der Waals surface area contributed by atoms with Crippen LogP contribution in [0.4, 0.5) is 17.3 Å². The summed E-state index contributed by atoms with van der Waals surface area (Å²) < 4.78 is 10.4. The average molecular weight is 385 g/mol. The number of halogens is 1. The predicted octanol–water partition coefficient (Wildman–Crippen LogP) is 4.14. The molecule has 0 aliphatic carbocycles. The molecule has 2 N–H and O–H groups in total. The summed E-state index contributed by atoms with van der Waals surface area (Å²) >= 11 is 6.09. The minimum atomic E-state index is -0.341. The fourth-order valence-electron chi connectivity index (χ4n) is 2.31. The molecule has 0 fully saturated rings. The number of hydrogen-bond donors (Lipinski definition) is 2. The van der Waals surface area contributed by atoms with E-state index in [0.717, 1.165) is 0 Å². The van der Waals surface area contributed by atoms with Crippen molar-refractivity contribution in [1.29, 1.82) is 0 Å². The molecule has 8 heteroatoms. The molecule has 27 heavy (non-hydrogen) atoms. The first-order valence-electron chi connectivity index (χ1n) is 7.97. The van der Waals surface area contributed by atoms with Gasteiger partial charge >= 0.3 is 0 Å². The zero-order valence-corrected chi connectivity index (χ0v) is 15.4. The molecule has 2 aromatic carbocycles. The number of amides is 1. The van der Waals surface area contributed by atoms with Crippen LogP contribution in [-0.2, 0) is 0 Å². The molecule has 138 valence electrons. The highest BCUT2D eigenvalue weighted by atomic mass is 35.5. The first kappa shape index (κ1) is 18.5. The zero-order chi connectivity index (χ0) is 19.2. The number of nitrogens with zero attached hydrogens (tertiary/aromatic N) is 2. The molecule has 0 aliphatic heterocycles. The number of methoxy groups -OCH3 is 2. The smallest absolute Gasteiger partial charge is 0.258 e. The third-order valence-electron chi connectivity index (χ3n) is 3.68. The van der Waals surface area contributed by atoms with Gasteiger partial charge in [0.1, 0.15) is 0 Å². The summed E-state index contributed by atoms with van der Waals surface area (Å²) in [7, 11) is 3.08.